The Morgan fingerprint density at radius 3 is 2.58 bits per heavy atom. The summed E-state index contributed by atoms with van der Waals surface area (Å²) in [6, 6.07) is 1.83. The van der Waals surface area contributed by atoms with Crippen molar-refractivity contribution < 1.29 is 0 Å². The van der Waals surface area contributed by atoms with E-state index in [0.717, 1.165) is 18.7 Å². The lowest BCUT2D eigenvalue weighted by atomic mass is 10.2. The molecule has 1 aromatic heterocycles. The molecule has 3 nitrogen and oxygen atoms in total. The molecule has 0 bridgehead atoms. The lowest BCUT2D eigenvalue weighted by Crippen LogP contribution is -2.25. The van der Waals surface area contributed by atoms with Crippen LogP contribution in [0.5, 0.6) is 0 Å². The third-order valence-electron chi connectivity index (χ3n) is 2.12. The zero-order chi connectivity index (χ0) is 8.44. The maximum atomic E-state index is 4.21. The van der Waals surface area contributed by atoms with Crippen molar-refractivity contribution in [2.75, 3.05) is 0 Å². The largest absolute Gasteiger partial charge is 0.379 e. The monoisotopic (exact) mass is 161 g/mol. The molecule has 1 saturated carbocycles. The van der Waals surface area contributed by atoms with Crippen molar-refractivity contribution in [1.29, 1.82) is 0 Å². The molecule has 1 aromatic rings. The summed E-state index contributed by atoms with van der Waals surface area (Å²) in [5.74, 6) is 0.880. The third-order valence-corrected chi connectivity index (χ3v) is 2.12. The highest BCUT2D eigenvalue weighted by molar-refractivity contribution is 5.16. The summed E-state index contributed by atoms with van der Waals surface area (Å²) in [5.41, 5.74) is 0.00299. The van der Waals surface area contributed by atoms with Crippen molar-refractivity contribution in [1.82, 2.24) is 15.3 Å². The lowest BCUT2D eigenvalue weighted by Gasteiger charge is -2.12. The predicted molar refractivity (Wildman–Crippen MR) is 46.3 cm³/mol. The fourth-order valence-electron chi connectivity index (χ4n) is 1.30. The normalized spacial score (nSPS) is 18.3. The first-order chi connectivity index (χ1) is 5.87. The minimum Gasteiger partial charge on any atom is -0.379 e. The smallest absolute Gasteiger partial charge is 0.153 e. The van der Waals surface area contributed by atoms with Gasteiger partial charge in [0, 0.05) is 12.4 Å². The van der Waals surface area contributed by atoms with Crippen LogP contribution >= 0.6 is 0 Å². The van der Waals surface area contributed by atoms with E-state index in [4.69, 9.17) is 0 Å². The predicted octanol–water partition coefficient (Wildman–Crippen LogP) is 1.20. The first kappa shape index (κ1) is 7.28. The molecule has 0 atom stereocenters. The van der Waals surface area contributed by atoms with Crippen LogP contribution < -0.4 is 5.32 Å². The molecule has 12 heavy (non-hydrogen) atoms. The van der Waals surface area contributed by atoms with Gasteiger partial charge in [0.2, 0.25) is 0 Å². The van der Waals surface area contributed by atoms with Crippen molar-refractivity contribution in [3.05, 3.63) is 37.1 Å². The van der Waals surface area contributed by atoms with Crippen LogP contribution in [0, 0.1) is 0 Å². The summed E-state index contributed by atoms with van der Waals surface area (Å²) < 4.78 is 0. The summed E-state index contributed by atoms with van der Waals surface area (Å²) in [7, 11) is 0. The van der Waals surface area contributed by atoms with Crippen LogP contribution in [0.15, 0.2) is 31.2 Å². The summed E-state index contributed by atoms with van der Waals surface area (Å²) in [6.45, 7) is 3.64. The minimum atomic E-state index is 0.00299. The number of aromatic nitrogens is 2. The Balaban J connectivity index is 2.25. The SMILES string of the molecule is C=CNC1(c2ncccn2)CC1. The molecule has 1 aliphatic carbocycles. The van der Waals surface area contributed by atoms with Crippen molar-refractivity contribution in [3.63, 3.8) is 0 Å². The number of hydrogen-bond donors (Lipinski definition) is 1. The molecule has 1 fully saturated rings. The molecular formula is C9H11N3. The van der Waals surface area contributed by atoms with E-state index < -0.39 is 0 Å². The zero-order valence-corrected chi connectivity index (χ0v) is 6.83. The van der Waals surface area contributed by atoms with Gasteiger partial charge in [-0.1, -0.05) is 6.58 Å². The standard InChI is InChI=1S/C9H11N3/c1-2-12-9(4-5-9)8-10-6-3-7-11-8/h2-3,6-7,12H,1,4-5H2. The molecule has 1 aliphatic rings. The molecule has 0 aliphatic heterocycles. The molecule has 0 saturated heterocycles. The molecule has 3 heteroatoms. The van der Waals surface area contributed by atoms with Crippen LogP contribution in [-0.4, -0.2) is 9.97 Å². The minimum absolute atomic E-state index is 0.00299. The number of nitrogens with zero attached hydrogens (tertiary/aromatic N) is 2. The van der Waals surface area contributed by atoms with Crippen molar-refractivity contribution in [2.45, 2.75) is 18.4 Å². The molecule has 0 unspecified atom stereocenters. The highest BCUT2D eigenvalue weighted by Gasteiger charge is 2.46. The van der Waals surface area contributed by atoms with E-state index in [1.165, 1.54) is 0 Å². The third kappa shape index (κ3) is 1.07. The van der Waals surface area contributed by atoms with Gasteiger partial charge in [-0.15, -0.1) is 0 Å². The topological polar surface area (TPSA) is 37.8 Å². The molecule has 2 rings (SSSR count). The molecule has 0 spiro atoms. The van der Waals surface area contributed by atoms with E-state index in [1.54, 1.807) is 18.6 Å². The van der Waals surface area contributed by atoms with E-state index in [0.29, 0.717) is 0 Å². The fourth-order valence-corrected chi connectivity index (χ4v) is 1.30. The molecule has 1 N–H and O–H groups in total. The highest BCUT2D eigenvalue weighted by atomic mass is 15.1. The van der Waals surface area contributed by atoms with Gasteiger partial charge in [0.15, 0.2) is 5.82 Å². The maximum absolute atomic E-state index is 4.21. The van der Waals surface area contributed by atoms with Gasteiger partial charge in [-0.3, -0.25) is 0 Å². The van der Waals surface area contributed by atoms with E-state index in [2.05, 4.69) is 21.9 Å². The van der Waals surface area contributed by atoms with Crippen LogP contribution in [0.2, 0.25) is 0 Å². The Bertz CT molecular complexity index is 277. The maximum Gasteiger partial charge on any atom is 0.153 e. The van der Waals surface area contributed by atoms with Crippen LogP contribution in [0.3, 0.4) is 0 Å². The molecule has 62 valence electrons. The van der Waals surface area contributed by atoms with Gasteiger partial charge < -0.3 is 5.32 Å². The highest BCUT2D eigenvalue weighted by Crippen LogP contribution is 2.43. The summed E-state index contributed by atoms with van der Waals surface area (Å²) in [4.78, 5) is 8.42. The van der Waals surface area contributed by atoms with Gasteiger partial charge in [0.25, 0.3) is 0 Å². The van der Waals surface area contributed by atoms with Crippen LogP contribution in [0.4, 0.5) is 0 Å². The Morgan fingerprint density at radius 1 is 1.42 bits per heavy atom. The Kier molecular flexibility index (Phi) is 1.57. The average molecular weight is 161 g/mol. The van der Waals surface area contributed by atoms with Crippen LogP contribution in [0.25, 0.3) is 0 Å². The van der Waals surface area contributed by atoms with E-state index >= 15 is 0 Å². The molecule has 1 heterocycles. The second-order valence-electron chi connectivity index (χ2n) is 3.00. The number of hydrogen-bond acceptors (Lipinski definition) is 3. The first-order valence-corrected chi connectivity index (χ1v) is 4.03. The van der Waals surface area contributed by atoms with E-state index in [9.17, 15) is 0 Å². The molecule has 0 amide bonds. The molecule has 0 radical (unpaired) electrons. The zero-order valence-electron chi connectivity index (χ0n) is 6.83. The quantitative estimate of drug-likeness (QED) is 0.723. The Hall–Kier alpha value is -1.38. The first-order valence-electron chi connectivity index (χ1n) is 4.03. The second-order valence-corrected chi connectivity index (χ2v) is 3.00. The van der Waals surface area contributed by atoms with Crippen LogP contribution in [-0.2, 0) is 5.54 Å². The summed E-state index contributed by atoms with van der Waals surface area (Å²) in [5, 5.41) is 3.19. The van der Waals surface area contributed by atoms with E-state index in [1.807, 2.05) is 6.07 Å². The Morgan fingerprint density at radius 2 is 2.08 bits per heavy atom. The number of nitrogens with one attached hydrogen (secondary N) is 1. The van der Waals surface area contributed by atoms with E-state index in [-0.39, 0.29) is 5.54 Å². The molecular weight excluding hydrogens is 150 g/mol. The fraction of sp³-hybridized carbons (Fsp3) is 0.333. The number of rotatable bonds is 3. The van der Waals surface area contributed by atoms with Crippen molar-refractivity contribution >= 4 is 0 Å². The van der Waals surface area contributed by atoms with Crippen molar-refractivity contribution in [3.8, 4) is 0 Å². The van der Waals surface area contributed by atoms with Crippen LogP contribution in [0.1, 0.15) is 18.7 Å². The van der Waals surface area contributed by atoms with Gasteiger partial charge in [-0.25, -0.2) is 9.97 Å². The average Bonchev–Trinajstić information content (AvgIpc) is 2.88. The van der Waals surface area contributed by atoms with Gasteiger partial charge in [0.1, 0.15) is 0 Å². The lowest BCUT2D eigenvalue weighted by molar-refractivity contribution is 0.573. The van der Waals surface area contributed by atoms with Crippen molar-refractivity contribution in [2.24, 2.45) is 0 Å². The second kappa shape index (κ2) is 2.59. The summed E-state index contributed by atoms with van der Waals surface area (Å²) >= 11 is 0. The van der Waals surface area contributed by atoms with Gasteiger partial charge >= 0.3 is 0 Å². The molecule has 0 aromatic carbocycles. The van der Waals surface area contributed by atoms with Gasteiger partial charge in [0.05, 0.1) is 5.54 Å². The Labute approximate surface area is 71.5 Å². The van der Waals surface area contributed by atoms with Gasteiger partial charge in [-0.05, 0) is 25.1 Å². The van der Waals surface area contributed by atoms with Gasteiger partial charge in [-0.2, -0.15) is 0 Å². The summed E-state index contributed by atoms with van der Waals surface area (Å²) in [6.07, 6.45) is 7.45.